The van der Waals surface area contributed by atoms with Gasteiger partial charge in [0.05, 0.1) is 17.1 Å². The summed E-state index contributed by atoms with van der Waals surface area (Å²) < 4.78 is 19.4. The van der Waals surface area contributed by atoms with E-state index in [0.29, 0.717) is 28.7 Å². The van der Waals surface area contributed by atoms with Crippen LogP contribution in [-0.2, 0) is 9.53 Å². The van der Waals surface area contributed by atoms with Gasteiger partial charge < -0.3 is 9.64 Å². The monoisotopic (exact) mass is 320 g/mol. The zero-order chi connectivity index (χ0) is 15.7. The van der Waals surface area contributed by atoms with Gasteiger partial charge in [0.25, 0.3) is 5.91 Å². The summed E-state index contributed by atoms with van der Waals surface area (Å²) in [5.41, 5.74) is 0.401. The second-order valence-electron chi connectivity index (χ2n) is 5.49. The topological polar surface area (TPSA) is 41.9 Å². The van der Waals surface area contributed by atoms with E-state index in [4.69, 9.17) is 4.74 Å². The number of amides is 1. The first-order valence-electron chi connectivity index (χ1n) is 7.20. The van der Waals surface area contributed by atoms with Crippen molar-refractivity contribution in [2.75, 3.05) is 13.1 Å². The number of aliphatic imine (C=N–C) groups is 1. The van der Waals surface area contributed by atoms with Crippen LogP contribution < -0.4 is 0 Å². The summed E-state index contributed by atoms with van der Waals surface area (Å²) in [4.78, 5) is 18.7. The lowest BCUT2D eigenvalue weighted by molar-refractivity contribution is -0.113. The Kier molecular flexibility index (Phi) is 4.31. The lowest BCUT2D eigenvalue weighted by Crippen LogP contribution is -2.47. The Labute approximate surface area is 133 Å². The molecule has 0 saturated carbocycles. The van der Waals surface area contributed by atoms with E-state index in [0.717, 1.165) is 0 Å². The summed E-state index contributed by atoms with van der Waals surface area (Å²) in [6, 6.07) is 6.39. The third kappa shape index (κ3) is 3.23. The summed E-state index contributed by atoms with van der Waals surface area (Å²) in [7, 11) is 0. The summed E-state index contributed by atoms with van der Waals surface area (Å²) in [6.07, 6.45) is 1.76. The van der Waals surface area contributed by atoms with E-state index in [1.807, 2.05) is 13.8 Å². The molecule has 0 unspecified atom stereocenters. The number of carbonyl (C=O) groups excluding carboxylic acids is 1. The van der Waals surface area contributed by atoms with Crippen LogP contribution >= 0.6 is 11.8 Å². The van der Waals surface area contributed by atoms with Crippen LogP contribution in [0.3, 0.4) is 0 Å². The second kappa shape index (κ2) is 6.22. The summed E-state index contributed by atoms with van der Waals surface area (Å²) >= 11 is 1.30. The molecule has 4 nitrogen and oxygen atoms in total. The van der Waals surface area contributed by atoms with Crippen LogP contribution in [-0.4, -0.2) is 41.3 Å². The summed E-state index contributed by atoms with van der Waals surface area (Å²) in [5.74, 6) is -0.652. The van der Waals surface area contributed by atoms with Crippen molar-refractivity contribution in [2.45, 2.75) is 26.1 Å². The Morgan fingerprint density at radius 2 is 2.00 bits per heavy atom. The number of ether oxygens (including phenoxy) is 1. The molecule has 2 atom stereocenters. The van der Waals surface area contributed by atoms with Crippen molar-refractivity contribution in [3.8, 4) is 0 Å². The van der Waals surface area contributed by atoms with E-state index in [1.54, 1.807) is 24.3 Å². The predicted octanol–water partition coefficient (Wildman–Crippen LogP) is 2.91. The van der Waals surface area contributed by atoms with E-state index in [9.17, 15) is 9.18 Å². The first-order valence-corrected chi connectivity index (χ1v) is 8.02. The number of carbonyl (C=O) groups is 1. The van der Waals surface area contributed by atoms with Gasteiger partial charge in [0.1, 0.15) is 5.82 Å². The molecule has 2 aliphatic heterocycles. The highest BCUT2D eigenvalue weighted by Gasteiger charge is 2.31. The Hall–Kier alpha value is -1.66. The number of rotatable bonds is 1. The number of nitrogens with zero attached hydrogens (tertiary/aromatic N) is 2. The van der Waals surface area contributed by atoms with Gasteiger partial charge in [0.15, 0.2) is 5.17 Å². The maximum atomic E-state index is 13.7. The highest BCUT2D eigenvalue weighted by Crippen LogP contribution is 2.31. The molecule has 1 fully saturated rings. The van der Waals surface area contributed by atoms with Crippen molar-refractivity contribution in [3.05, 3.63) is 40.6 Å². The Bertz CT molecular complexity index is 649. The lowest BCUT2D eigenvalue weighted by atomic mass is 10.2. The highest BCUT2D eigenvalue weighted by molar-refractivity contribution is 8.18. The second-order valence-corrected chi connectivity index (χ2v) is 6.50. The average Bonchev–Trinajstić information content (AvgIpc) is 2.82. The maximum Gasteiger partial charge on any atom is 0.286 e. The van der Waals surface area contributed by atoms with Crippen molar-refractivity contribution in [1.29, 1.82) is 0 Å². The molecule has 2 heterocycles. The van der Waals surface area contributed by atoms with Gasteiger partial charge in [0, 0.05) is 18.7 Å². The molecule has 0 aromatic heterocycles. The maximum absolute atomic E-state index is 13.7. The van der Waals surface area contributed by atoms with Gasteiger partial charge in [-0.15, -0.1) is 0 Å². The Morgan fingerprint density at radius 3 is 2.68 bits per heavy atom. The van der Waals surface area contributed by atoms with Crippen LogP contribution in [0, 0.1) is 5.82 Å². The molecular weight excluding hydrogens is 303 g/mol. The summed E-state index contributed by atoms with van der Waals surface area (Å²) in [6.45, 7) is 5.41. The van der Waals surface area contributed by atoms with E-state index < -0.39 is 0 Å². The number of morpholine rings is 1. The van der Waals surface area contributed by atoms with Gasteiger partial charge in [-0.2, -0.15) is 4.99 Å². The normalized spacial score (nSPS) is 27.4. The van der Waals surface area contributed by atoms with Crippen molar-refractivity contribution < 1.29 is 13.9 Å². The molecule has 3 rings (SSSR count). The number of thioether (sulfide) groups is 1. The first-order chi connectivity index (χ1) is 10.5. The Balaban J connectivity index is 1.78. The van der Waals surface area contributed by atoms with Crippen molar-refractivity contribution >= 4 is 28.9 Å². The van der Waals surface area contributed by atoms with Crippen LogP contribution in [0.1, 0.15) is 19.4 Å². The molecule has 0 bridgehead atoms. The molecule has 1 aromatic rings. The number of hydrogen-bond donors (Lipinski definition) is 0. The molecule has 22 heavy (non-hydrogen) atoms. The fourth-order valence-electron chi connectivity index (χ4n) is 2.60. The van der Waals surface area contributed by atoms with Crippen LogP contribution in [0.2, 0.25) is 0 Å². The third-order valence-electron chi connectivity index (χ3n) is 3.49. The quantitative estimate of drug-likeness (QED) is 0.746. The molecule has 1 amide bonds. The number of hydrogen-bond acceptors (Lipinski definition) is 4. The Morgan fingerprint density at radius 1 is 1.32 bits per heavy atom. The number of benzene rings is 1. The van der Waals surface area contributed by atoms with E-state index in [1.165, 1.54) is 17.8 Å². The standard InChI is InChI=1S/C16H17FN2O2S/c1-10-8-19(9-11(2)21-10)16-18-15(20)14(22-16)7-12-5-3-4-6-13(12)17/h3-7,10-11H,8-9H2,1-2H3/b14-7-/t10-,11+. The fourth-order valence-corrected chi connectivity index (χ4v) is 3.52. The van der Waals surface area contributed by atoms with Crippen LogP contribution in [0.5, 0.6) is 0 Å². The molecule has 0 spiro atoms. The molecule has 2 aliphatic rings. The van der Waals surface area contributed by atoms with E-state index >= 15 is 0 Å². The SMILES string of the molecule is C[C@@H]1CN(C2=NC(=O)/C(=C/c3ccccc3F)S2)C[C@H](C)O1. The van der Waals surface area contributed by atoms with Crippen molar-refractivity contribution in [2.24, 2.45) is 4.99 Å². The molecule has 0 aliphatic carbocycles. The lowest BCUT2D eigenvalue weighted by Gasteiger charge is -2.35. The zero-order valence-corrected chi connectivity index (χ0v) is 13.3. The van der Waals surface area contributed by atoms with Gasteiger partial charge in [-0.05, 0) is 37.8 Å². The number of amidine groups is 1. The number of halogens is 1. The minimum Gasteiger partial charge on any atom is -0.372 e. The molecule has 0 N–H and O–H groups in total. The van der Waals surface area contributed by atoms with Crippen molar-refractivity contribution in [3.63, 3.8) is 0 Å². The van der Waals surface area contributed by atoms with E-state index in [2.05, 4.69) is 9.89 Å². The molecular formula is C16H17FN2O2S. The molecule has 0 radical (unpaired) electrons. The smallest absolute Gasteiger partial charge is 0.286 e. The minimum atomic E-state index is -0.342. The van der Waals surface area contributed by atoms with Gasteiger partial charge in [-0.3, -0.25) is 4.79 Å². The van der Waals surface area contributed by atoms with Gasteiger partial charge in [0.2, 0.25) is 0 Å². The van der Waals surface area contributed by atoms with Gasteiger partial charge in [-0.1, -0.05) is 18.2 Å². The van der Waals surface area contributed by atoms with Gasteiger partial charge in [-0.25, -0.2) is 4.39 Å². The largest absolute Gasteiger partial charge is 0.372 e. The zero-order valence-electron chi connectivity index (χ0n) is 12.5. The van der Waals surface area contributed by atoms with Crippen LogP contribution in [0.15, 0.2) is 34.2 Å². The summed E-state index contributed by atoms with van der Waals surface area (Å²) in [5, 5.41) is 0.676. The van der Waals surface area contributed by atoms with Crippen molar-refractivity contribution in [1.82, 2.24) is 4.90 Å². The van der Waals surface area contributed by atoms with Crippen LogP contribution in [0.4, 0.5) is 4.39 Å². The molecule has 116 valence electrons. The van der Waals surface area contributed by atoms with Gasteiger partial charge >= 0.3 is 0 Å². The first kappa shape index (κ1) is 15.2. The minimum absolute atomic E-state index is 0.0988. The molecule has 1 saturated heterocycles. The third-order valence-corrected chi connectivity index (χ3v) is 4.54. The molecule has 1 aromatic carbocycles. The highest BCUT2D eigenvalue weighted by atomic mass is 32.2. The average molecular weight is 320 g/mol. The van der Waals surface area contributed by atoms with E-state index in [-0.39, 0.29) is 23.9 Å². The predicted molar refractivity (Wildman–Crippen MR) is 86.0 cm³/mol. The fraction of sp³-hybridized carbons (Fsp3) is 0.375. The van der Waals surface area contributed by atoms with Crippen LogP contribution in [0.25, 0.3) is 6.08 Å². The molecule has 6 heteroatoms.